The lowest BCUT2D eigenvalue weighted by Crippen LogP contribution is -2.35. The van der Waals surface area contributed by atoms with E-state index in [0.717, 1.165) is 31.4 Å². The molecule has 0 radical (unpaired) electrons. The highest BCUT2D eigenvalue weighted by Gasteiger charge is 2.30. The van der Waals surface area contributed by atoms with E-state index in [2.05, 4.69) is 5.10 Å². The van der Waals surface area contributed by atoms with Crippen LogP contribution in [0.2, 0.25) is 5.02 Å². The highest BCUT2D eigenvalue weighted by Crippen LogP contribution is 2.34. The maximum absolute atomic E-state index is 13.1. The normalized spacial score (nSPS) is 18.7. The molecular weight excluding hydrogens is 317 g/mol. The van der Waals surface area contributed by atoms with Crippen LogP contribution in [0, 0.1) is 5.82 Å². The summed E-state index contributed by atoms with van der Waals surface area (Å²) in [5.74, 6) is -0.444. The standard InChI is InChI=1S/C17H19ClFN3O/c1-21-11-14(18)16(20-21)15-5-3-2-4-10-22(15)17(23)12-6-8-13(19)9-7-12/h6-9,11,15H,2-5,10H2,1H3/t15-/m0/s1. The quantitative estimate of drug-likeness (QED) is 0.832. The summed E-state index contributed by atoms with van der Waals surface area (Å²) in [5, 5.41) is 5.03. The predicted octanol–water partition coefficient (Wildman–Crippen LogP) is 3.97. The molecule has 23 heavy (non-hydrogen) atoms. The summed E-state index contributed by atoms with van der Waals surface area (Å²) in [7, 11) is 1.82. The van der Waals surface area contributed by atoms with Gasteiger partial charge in [0.2, 0.25) is 0 Å². The number of likely N-dealkylation sites (tertiary alicyclic amines) is 1. The van der Waals surface area contributed by atoms with Crippen molar-refractivity contribution in [3.8, 4) is 0 Å². The lowest BCUT2D eigenvalue weighted by molar-refractivity contribution is 0.0676. The van der Waals surface area contributed by atoms with Crippen molar-refractivity contribution in [3.05, 3.63) is 52.6 Å². The van der Waals surface area contributed by atoms with Gasteiger partial charge >= 0.3 is 0 Å². The number of carbonyl (C=O) groups is 1. The maximum Gasteiger partial charge on any atom is 0.254 e. The van der Waals surface area contributed by atoms with E-state index in [1.165, 1.54) is 24.3 Å². The van der Waals surface area contributed by atoms with Crippen LogP contribution in [0.4, 0.5) is 4.39 Å². The number of hydrogen-bond donors (Lipinski definition) is 0. The van der Waals surface area contributed by atoms with E-state index < -0.39 is 0 Å². The van der Waals surface area contributed by atoms with E-state index in [1.54, 1.807) is 10.9 Å². The minimum atomic E-state index is -0.346. The Morgan fingerprint density at radius 2 is 2.00 bits per heavy atom. The van der Waals surface area contributed by atoms with Crippen LogP contribution in [0.1, 0.15) is 47.8 Å². The monoisotopic (exact) mass is 335 g/mol. The first-order valence-electron chi connectivity index (χ1n) is 7.82. The summed E-state index contributed by atoms with van der Waals surface area (Å²) >= 11 is 6.30. The summed E-state index contributed by atoms with van der Waals surface area (Å²) in [4.78, 5) is 14.7. The minimum absolute atomic E-state index is 0.0985. The van der Waals surface area contributed by atoms with Gasteiger partial charge in [0.05, 0.1) is 11.1 Å². The van der Waals surface area contributed by atoms with Crippen LogP contribution in [-0.4, -0.2) is 27.1 Å². The number of aryl methyl sites for hydroxylation is 1. The minimum Gasteiger partial charge on any atom is -0.330 e. The Morgan fingerprint density at radius 3 is 2.65 bits per heavy atom. The van der Waals surface area contributed by atoms with Crippen molar-refractivity contribution >= 4 is 17.5 Å². The molecule has 6 heteroatoms. The van der Waals surface area contributed by atoms with Crippen molar-refractivity contribution in [2.24, 2.45) is 7.05 Å². The molecule has 2 aromatic rings. The number of nitrogens with zero attached hydrogens (tertiary/aromatic N) is 3. The fraction of sp³-hybridized carbons (Fsp3) is 0.412. The maximum atomic E-state index is 13.1. The highest BCUT2D eigenvalue weighted by molar-refractivity contribution is 6.31. The van der Waals surface area contributed by atoms with E-state index in [9.17, 15) is 9.18 Å². The molecule has 3 rings (SSSR count). The summed E-state index contributed by atoms with van der Waals surface area (Å²) in [5.41, 5.74) is 1.23. The van der Waals surface area contributed by atoms with Crippen molar-refractivity contribution in [2.75, 3.05) is 6.54 Å². The Balaban J connectivity index is 1.94. The van der Waals surface area contributed by atoms with Crippen LogP contribution in [0.15, 0.2) is 30.5 Å². The van der Waals surface area contributed by atoms with Gasteiger partial charge < -0.3 is 4.90 Å². The molecule has 1 aromatic carbocycles. The SMILES string of the molecule is Cn1cc(Cl)c([C@@H]2CCCCCN2C(=O)c2ccc(F)cc2)n1. The first-order valence-corrected chi connectivity index (χ1v) is 8.19. The van der Waals surface area contributed by atoms with E-state index in [4.69, 9.17) is 11.6 Å². The second-order valence-electron chi connectivity index (χ2n) is 5.91. The van der Waals surface area contributed by atoms with Gasteiger partial charge in [0, 0.05) is 25.4 Å². The van der Waals surface area contributed by atoms with E-state index in [-0.39, 0.29) is 17.8 Å². The van der Waals surface area contributed by atoms with Gasteiger partial charge in [-0.15, -0.1) is 0 Å². The summed E-state index contributed by atoms with van der Waals surface area (Å²) in [6.07, 6.45) is 5.65. The molecule has 0 aliphatic carbocycles. The van der Waals surface area contributed by atoms with Crippen LogP contribution in [-0.2, 0) is 7.05 Å². The van der Waals surface area contributed by atoms with Gasteiger partial charge in [-0.2, -0.15) is 5.10 Å². The van der Waals surface area contributed by atoms with Gasteiger partial charge in [-0.1, -0.05) is 24.4 Å². The Morgan fingerprint density at radius 1 is 1.26 bits per heavy atom. The van der Waals surface area contributed by atoms with E-state index >= 15 is 0 Å². The Labute approximate surface area is 139 Å². The Hall–Kier alpha value is -1.88. The van der Waals surface area contributed by atoms with Gasteiger partial charge in [0.15, 0.2) is 0 Å². The van der Waals surface area contributed by atoms with Crippen molar-refractivity contribution < 1.29 is 9.18 Å². The van der Waals surface area contributed by atoms with Crippen molar-refractivity contribution in [2.45, 2.75) is 31.7 Å². The van der Waals surface area contributed by atoms with Crippen LogP contribution in [0.3, 0.4) is 0 Å². The molecule has 1 aromatic heterocycles. The predicted molar refractivity (Wildman–Crippen MR) is 86.9 cm³/mol. The fourth-order valence-corrected chi connectivity index (χ4v) is 3.40. The van der Waals surface area contributed by atoms with Crippen LogP contribution in [0.25, 0.3) is 0 Å². The van der Waals surface area contributed by atoms with Crippen LogP contribution >= 0.6 is 11.6 Å². The largest absolute Gasteiger partial charge is 0.330 e. The average molecular weight is 336 g/mol. The molecule has 1 saturated heterocycles. The number of benzene rings is 1. The van der Waals surface area contributed by atoms with Gasteiger partial charge in [-0.3, -0.25) is 9.48 Å². The molecule has 1 aliphatic rings. The first-order chi connectivity index (χ1) is 11.1. The number of amides is 1. The third-order valence-corrected chi connectivity index (χ3v) is 4.52. The van der Waals surface area contributed by atoms with Gasteiger partial charge in [-0.05, 0) is 37.1 Å². The second-order valence-corrected chi connectivity index (χ2v) is 6.31. The molecule has 1 atom stereocenters. The number of hydrogen-bond acceptors (Lipinski definition) is 2. The van der Waals surface area contributed by atoms with Gasteiger partial charge in [0.25, 0.3) is 5.91 Å². The molecule has 2 heterocycles. The number of halogens is 2. The molecule has 1 fully saturated rings. The smallest absolute Gasteiger partial charge is 0.254 e. The zero-order valence-corrected chi connectivity index (χ0v) is 13.8. The lowest BCUT2D eigenvalue weighted by atomic mass is 10.1. The topological polar surface area (TPSA) is 38.1 Å². The molecule has 0 spiro atoms. The van der Waals surface area contributed by atoms with Crippen molar-refractivity contribution in [1.82, 2.24) is 14.7 Å². The molecule has 0 bridgehead atoms. The van der Waals surface area contributed by atoms with Crippen LogP contribution < -0.4 is 0 Å². The first kappa shape index (κ1) is 16.0. The van der Waals surface area contributed by atoms with Crippen LogP contribution in [0.5, 0.6) is 0 Å². The summed E-state index contributed by atoms with van der Waals surface area (Å²) in [6, 6.07) is 5.55. The highest BCUT2D eigenvalue weighted by atomic mass is 35.5. The third-order valence-electron chi connectivity index (χ3n) is 4.23. The van der Waals surface area contributed by atoms with E-state index in [0.29, 0.717) is 17.1 Å². The molecule has 0 unspecified atom stereocenters. The number of carbonyl (C=O) groups excluding carboxylic acids is 1. The number of rotatable bonds is 2. The molecule has 0 saturated carbocycles. The Kier molecular flexibility index (Phi) is 4.66. The Bertz CT molecular complexity index is 698. The zero-order chi connectivity index (χ0) is 16.4. The van der Waals surface area contributed by atoms with Gasteiger partial charge in [-0.25, -0.2) is 4.39 Å². The van der Waals surface area contributed by atoms with Gasteiger partial charge in [0.1, 0.15) is 11.5 Å². The lowest BCUT2D eigenvalue weighted by Gasteiger charge is -2.29. The molecular formula is C17H19ClFN3O. The summed E-state index contributed by atoms with van der Waals surface area (Å²) < 4.78 is 14.8. The average Bonchev–Trinajstić information content (AvgIpc) is 2.74. The summed E-state index contributed by atoms with van der Waals surface area (Å²) in [6.45, 7) is 0.660. The van der Waals surface area contributed by atoms with Crippen molar-refractivity contribution in [1.29, 1.82) is 0 Å². The number of aromatic nitrogens is 2. The second kappa shape index (κ2) is 6.71. The molecule has 0 N–H and O–H groups in total. The van der Waals surface area contributed by atoms with E-state index in [1.807, 2.05) is 11.9 Å². The molecule has 122 valence electrons. The van der Waals surface area contributed by atoms with Crippen molar-refractivity contribution in [3.63, 3.8) is 0 Å². The molecule has 1 amide bonds. The molecule has 1 aliphatic heterocycles. The molecule has 4 nitrogen and oxygen atoms in total. The third kappa shape index (κ3) is 3.39. The zero-order valence-electron chi connectivity index (χ0n) is 13.0. The fourth-order valence-electron chi connectivity index (χ4n) is 3.10.